The second-order valence-corrected chi connectivity index (χ2v) is 5.54. The summed E-state index contributed by atoms with van der Waals surface area (Å²) in [5.74, 6) is 0.439. The number of nitrogens with one attached hydrogen (secondary N) is 2. The second kappa shape index (κ2) is 6.60. The number of hydrogen-bond donors (Lipinski definition) is 2. The molecule has 0 radical (unpaired) electrons. The first kappa shape index (κ1) is 14.6. The van der Waals surface area contributed by atoms with Crippen molar-refractivity contribution < 1.29 is 4.79 Å². The van der Waals surface area contributed by atoms with E-state index in [9.17, 15) is 4.79 Å². The summed E-state index contributed by atoms with van der Waals surface area (Å²) in [6, 6.07) is 6.07. The lowest BCUT2D eigenvalue weighted by Gasteiger charge is -2.31. The minimum Gasteiger partial charge on any atom is -0.338 e. The maximum atomic E-state index is 11.8. The van der Waals surface area contributed by atoms with Gasteiger partial charge in [0, 0.05) is 49.2 Å². The van der Waals surface area contributed by atoms with E-state index in [0.717, 1.165) is 42.9 Å². The molecule has 0 aliphatic carbocycles. The van der Waals surface area contributed by atoms with E-state index >= 15 is 0 Å². The summed E-state index contributed by atoms with van der Waals surface area (Å²) in [4.78, 5) is 17.7. The Morgan fingerprint density at radius 1 is 1.36 bits per heavy atom. The van der Waals surface area contributed by atoms with Crippen LogP contribution in [-0.2, 0) is 0 Å². The van der Waals surface area contributed by atoms with Crippen LogP contribution in [0.4, 0.5) is 4.79 Å². The number of nitrogens with zero attached hydrogens (tertiary/aromatic N) is 3. The van der Waals surface area contributed by atoms with Gasteiger partial charge >= 0.3 is 6.03 Å². The van der Waals surface area contributed by atoms with Crippen molar-refractivity contribution >= 4 is 6.03 Å². The molecule has 2 N–H and O–H groups in total. The fourth-order valence-electron chi connectivity index (χ4n) is 2.87. The smallest absolute Gasteiger partial charge is 0.317 e. The van der Waals surface area contributed by atoms with Crippen LogP contribution in [0.1, 0.15) is 31.4 Å². The number of hydrogen-bond acceptors (Lipinski definition) is 3. The van der Waals surface area contributed by atoms with Gasteiger partial charge in [0.1, 0.15) is 0 Å². The molecule has 6 nitrogen and oxygen atoms in total. The van der Waals surface area contributed by atoms with Gasteiger partial charge in [-0.2, -0.15) is 5.10 Å². The molecule has 3 rings (SSSR count). The largest absolute Gasteiger partial charge is 0.338 e. The van der Waals surface area contributed by atoms with E-state index < -0.39 is 0 Å². The average molecular weight is 299 g/mol. The first-order chi connectivity index (χ1) is 10.8. The third kappa shape index (κ3) is 3.10. The monoisotopic (exact) mass is 299 g/mol. The third-order valence-corrected chi connectivity index (χ3v) is 4.12. The number of rotatable bonds is 3. The van der Waals surface area contributed by atoms with Gasteiger partial charge in [-0.05, 0) is 38.0 Å². The van der Waals surface area contributed by atoms with Crippen molar-refractivity contribution in [1.82, 2.24) is 25.4 Å². The third-order valence-electron chi connectivity index (χ3n) is 4.12. The Kier molecular flexibility index (Phi) is 4.37. The number of carbonyl (C=O) groups is 1. The lowest BCUT2D eigenvalue weighted by molar-refractivity contribution is 0.181. The zero-order chi connectivity index (χ0) is 15.4. The lowest BCUT2D eigenvalue weighted by Crippen LogP contribution is -2.44. The molecule has 116 valence electrons. The summed E-state index contributed by atoms with van der Waals surface area (Å²) >= 11 is 0. The lowest BCUT2D eigenvalue weighted by atomic mass is 9.93. The van der Waals surface area contributed by atoms with E-state index in [-0.39, 0.29) is 6.03 Å². The highest BCUT2D eigenvalue weighted by molar-refractivity contribution is 5.74. The molecule has 0 aromatic carbocycles. The predicted octanol–water partition coefficient (Wildman–Crippen LogP) is 2.38. The standard InChI is InChI=1S/C16H21N5O/c1-2-18-16(22)21-9-5-13(6-10-21)15-11-14(19-20-15)12-3-7-17-8-4-12/h3-4,7-8,11,13H,2,5-6,9-10H2,1H3,(H,18,22)(H,19,20). The number of aromatic amines is 1. The number of urea groups is 1. The van der Waals surface area contributed by atoms with Crippen LogP contribution in [-0.4, -0.2) is 45.7 Å². The highest BCUT2D eigenvalue weighted by atomic mass is 16.2. The molecule has 6 heteroatoms. The van der Waals surface area contributed by atoms with Crippen LogP contribution in [0.25, 0.3) is 11.3 Å². The topological polar surface area (TPSA) is 73.9 Å². The van der Waals surface area contributed by atoms with Gasteiger partial charge in [0.15, 0.2) is 0 Å². The van der Waals surface area contributed by atoms with Gasteiger partial charge in [0.2, 0.25) is 0 Å². The summed E-state index contributed by atoms with van der Waals surface area (Å²) in [7, 11) is 0. The molecule has 0 saturated carbocycles. The molecule has 0 atom stereocenters. The predicted molar refractivity (Wildman–Crippen MR) is 84.4 cm³/mol. The van der Waals surface area contributed by atoms with Crippen molar-refractivity contribution in [2.75, 3.05) is 19.6 Å². The fraction of sp³-hybridized carbons (Fsp3) is 0.438. The number of pyridine rings is 1. The fourth-order valence-corrected chi connectivity index (χ4v) is 2.87. The zero-order valence-electron chi connectivity index (χ0n) is 12.7. The van der Waals surface area contributed by atoms with Crippen LogP contribution in [0.15, 0.2) is 30.6 Å². The molecule has 3 heterocycles. The van der Waals surface area contributed by atoms with Crippen LogP contribution in [0.2, 0.25) is 0 Å². The molecule has 22 heavy (non-hydrogen) atoms. The SMILES string of the molecule is CCNC(=O)N1CCC(c2cc(-c3ccncc3)n[nH]2)CC1. The number of likely N-dealkylation sites (tertiary alicyclic amines) is 1. The van der Waals surface area contributed by atoms with E-state index in [0.29, 0.717) is 12.5 Å². The normalized spacial score (nSPS) is 15.8. The van der Waals surface area contributed by atoms with E-state index in [4.69, 9.17) is 0 Å². The van der Waals surface area contributed by atoms with Gasteiger partial charge in [-0.3, -0.25) is 10.1 Å². The first-order valence-corrected chi connectivity index (χ1v) is 7.76. The van der Waals surface area contributed by atoms with Crippen LogP contribution in [0.5, 0.6) is 0 Å². The molecule has 1 saturated heterocycles. The second-order valence-electron chi connectivity index (χ2n) is 5.54. The Labute approximate surface area is 129 Å². The van der Waals surface area contributed by atoms with Gasteiger partial charge in [0.05, 0.1) is 5.69 Å². The summed E-state index contributed by atoms with van der Waals surface area (Å²) in [5.41, 5.74) is 3.17. The minimum absolute atomic E-state index is 0.0445. The molecule has 0 spiro atoms. The van der Waals surface area contributed by atoms with Crippen molar-refractivity contribution in [1.29, 1.82) is 0 Å². The molecular weight excluding hydrogens is 278 g/mol. The average Bonchev–Trinajstić information content (AvgIpc) is 3.06. The van der Waals surface area contributed by atoms with Crippen molar-refractivity contribution in [3.8, 4) is 11.3 Å². The number of piperidine rings is 1. The van der Waals surface area contributed by atoms with Crippen molar-refractivity contribution in [3.63, 3.8) is 0 Å². The maximum absolute atomic E-state index is 11.8. The van der Waals surface area contributed by atoms with Crippen LogP contribution >= 0.6 is 0 Å². The molecule has 0 bridgehead atoms. The highest BCUT2D eigenvalue weighted by Gasteiger charge is 2.24. The maximum Gasteiger partial charge on any atom is 0.317 e. The van der Waals surface area contributed by atoms with Crippen LogP contribution in [0, 0.1) is 0 Å². The van der Waals surface area contributed by atoms with Gasteiger partial charge in [0.25, 0.3) is 0 Å². The quantitative estimate of drug-likeness (QED) is 0.914. The van der Waals surface area contributed by atoms with Crippen LogP contribution < -0.4 is 5.32 Å². The molecule has 2 aromatic heterocycles. The van der Waals surface area contributed by atoms with Crippen LogP contribution in [0.3, 0.4) is 0 Å². The molecular formula is C16H21N5O. The Hall–Kier alpha value is -2.37. The van der Waals surface area contributed by atoms with Gasteiger partial charge in [-0.15, -0.1) is 0 Å². The highest BCUT2D eigenvalue weighted by Crippen LogP contribution is 2.29. The number of aromatic nitrogens is 3. The summed E-state index contributed by atoms with van der Waals surface area (Å²) < 4.78 is 0. The Balaban J connectivity index is 1.63. The van der Waals surface area contributed by atoms with Crippen molar-refractivity contribution in [2.24, 2.45) is 0 Å². The van der Waals surface area contributed by atoms with E-state index in [1.165, 1.54) is 0 Å². The summed E-state index contributed by atoms with van der Waals surface area (Å²) in [5, 5.41) is 10.4. The zero-order valence-corrected chi connectivity index (χ0v) is 12.7. The van der Waals surface area contributed by atoms with Gasteiger partial charge in [-0.1, -0.05) is 0 Å². The van der Waals surface area contributed by atoms with Crippen molar-refractivity contribution in [2.45, 2.75) is 25.7 Å². The van der Waals surface area contributed by atoms with Gasteiger partial charge < -0.3 is 10.2 Å². The minimum atomic E-state index is 0.0445. The molecule has 0 unspecified atom stereocenters. The Morgan fingerprint density at radius 2 is 2.09 bits per heavy atom. The number of carbonyl (C=O) groups excluding carboxylic acids is 1. The van der Waals surface area contributed by atoms with Gasteiger partial charge in [-0.25, -0.2) is 4.79 Å². The Morgan fingerprint density at radius 3 is 2.77 bits per heavy atom. The molecule has 1 fully saturated rings. The van der Waals surface area contributed by atoms with E-state index in [2.05, 4.69) is 26.6 Å². The number of H-pyrrole nitrogens is 1. The molecule has 1 aliphatic heterocycles. The molecule has 2 amide bonds. The summed E-state index contributed by atoms with van der Waals surface area (Å²) in [6.07, 6.45) is 5.48. The van der Waals surface area contributed by atoms with Crippen molar-refractivity contribution in [3.05, 3.63) is 36.3 Å². The number of amides is 2. The van der Waals surface area contributed by atoms with E-state index in [1.807, 2.05) is 24.0 Å². The van der Waals surface area contributed by atoms with E-state index in [1.54, 1.807) is 12.4 Å². The Bertz CT molecular complexity index is 616. The summed E-state index contributed by atoms with van der Waals surface area (Å²) in [6.45, 7) is 4.20. The molecule has 2 aromatic rings. The first-order valence-electron chi connectivity index (χ1n) is 7.76. The molecule has 1 aliphatic rings.